The Morgan fingerprint density at radius 2 is 2.07 bits per heavy atom. The normalized spacial score (nSPS) is 11.8. The number of aliphatic hydroxyl groups excluding tert-OH is 1. The Morgan fingerprint density at radius 3 is 2.67 bits per heavy atom. The van der Waals surface area contributed by atoms with Crippen molar-refractivity contribution >= 4 is 12.2 Å². The third kappa shape index (κ3) is 3.52. The Kier molecular flexibility index (Phi) is 4.50. The van der Waals surface area contributed by atoms with E-state index in [1.54, 1.807) is 30.3 Å². The number of amides is 1. The van der Waals surface area contributed by atoms with Crippen LogP contribution in [-0.4, -0.2) is 23.8 Å². The quantitative estimate of drug-likeness (QED) is 0.543. The molecule has 0 saturated heterocycles. The van der Waals surface area contributed by atoms with E-state index in [0.29, 0.717) is 5.56 Å². The first-order chi connectivity index (χ1) is 7.25. The lowest BCUT2D eigenvalue weighted by molar-refractivity contribution is -0.129. The number of benzene rings is 1. The van der Waals surface area contributed by atoms with Crippen LogP contribution in [0.2, 0.25) is 0 Å². The van der Waals surface area contributed by atoms with Gasteiger partial charge in [0.1, 0.15) is 6.29 Å². The van der Waals surface area contributed by atoms with E-state index in [0.717, 1.165) is 6.29 Å². The van der Waals surface area contributed by atoms with E-state index in [9.17, 15) is 14.7 Å². The fourth-order valence-corrected chi connectivity index (χ4v) is 1.14. The van der Waals surface area contributed by atoms with Crippen LogP contribution in [0.15, 0.2) is 30.3 Å². The van der Waals surface area contributed by atoms with Gasteiger partial charge >= 0.3 is 0 Å². The largest absolute Gasteiger partial charge is 0.378 e. The van der Waals surface area contributed by atoms with Crippen LogP contribution in [0.4, 0.5) is 0 Å². The summed E-state index contributed by atoms with van der Waals surface area (Å²) in [6.07, 6.45) is -0.194. The molecule has 1 amide bonds. The lowest BCUT2D eigenvalue weighted by Gasteiger charge is -2.10. The minimum absolute atomic E-state index is 0.256. The van der Waals surface area contributed by atoms with Crippen LogP contribution in [0.1, 0.15) is 18.1 Å². The molecular formula is C11H13NO3. The maximum atomic E-state index is 11.3. The summed E-state index contributed by atoms with van der Waals surface area (Å²) in [5, 5.41) is 12.0. The highest BCUT2D eigenvalue weighted by Crippen LogP contribution is 2.11. The molecule has 0 aliphatic rings. The average molecular weight is 207 g/mol. The standard InChI is InChI=1S/C11H13NO3/c13-8-4-7-12-11(15)10(14)9-5-2-1-3-6-9/h1-3,5-6,8,10,14H,4,7H2,(H,12,15). The van der Waals surface area contributed by atoms with Crippen LogP contribution in [0, 0.1) is 0 Å². The molecule has 0 radical (unpaired) electrons. The minimum Gasteiger partial charge on any atom is -0.378 e. The van der Waals surface area contributed by atoms with Crippen molar-refractivity contribution in [2.24, 2.45) is 0 Å². The van der Waals surface area contributed by atoms with Gasteiger partial charge in [0.05, 0.1) is 0 Å². The second kappa shape index (κ2) is 5.93. The van der Waals surface area contributed by atoms with Crippen molar-refractivity contribution in [1.29, 1.82) is 0 Å². The monoisotopic (exact) mass is 207 g/mol. The van der Waals surface area contributed by atoms with E-state index in [1.807, 2.05) is 0 Å². The molecule has 0 aromatic heterocycles. The zero-order valence-electron chi connectivity index (χ0n) is 8.22. The molecule has 1 atom stereocenters. The van der Waals surface area contributed by atoms with Crippen molar-refractivity contribution < 1.29 is 14.7 Å². The Balaban J connectivity index is 2.50. The summed E-state index contributed by atoms with van der Waals surface area (Å²) < 4.78 is 0. The number of aldehydes is 1. The molecule has 15 heavy (non-hydrogen) atoms. The Bertz CT molecular complexity index is 324. The van der Waals surface area contributed by atoms with Gasteiger partial charge in [0, 0.05) is 13.0 Å². The molecule has 0 heterocycles. The first-order valence-electron chi connectivity index (χ1n) is 4.70. The number of nitrogens with one attached hydrogen (secondary N) is 1. The SMILES string of the molecule is O=CCCNC(=O)C(O)c1ccccc1. The van der Waals surface area contributed by atoms with Crippen LogP contribution in [0.25, 0.3) is 0 Å². The predicted molar refractivity (Wildman–Crippen MR) is 55.1 cm³/mol. The molecule has 80 valence electrons. The van der Waals surface area contributed by atoms with Crippen molar-refractivity contribution in [2.45, 2.75) is 12.5 Å². The maximum absolute atomic E-state index is 11.3. The molecule has 1 aromatic carbocycles. The number of carbonyl (C=O) groups excluding carboxylic acids is 2. The van der Waals surface area contributed by atoms with E-state index in [1.165, 1.54) is 0 Å². The molecule has 1 unspecified atom stereocenters. The molecule has 0 aliphatic heterocycles. The van der Waals surface area contributed by atoms with Crippen LogP contribution >= 0.6 is 0 Å². The number of aliphatic hydroxyl groups is 1. The summed E-state index contributed by atoms with van der Waals surface area (Å²) in [7, 11) is 0. The Morgan fingerprint density at radius 1 is 1.40 bits per heavy atom. The van der Waals surface area contributed by atoms with Gasteiger partial charge in [-0.15, -0.1) is 0 Å². The van der Waals surface area contributed by atoms with Gasteiger partial charge in [0.15, 0.2) is 6.10 Å². The number of hydrogen-bond acceptors (Lipinski definition) is 3. The van der Waals surface area contributed by atoms with Gasteiger partial charge in [-0.1, -0.05) is 30.3 Å². The smallest absolute Gasteiger partial charge is 0.253 e. The predicted octanol–water partition coefficient (Wildman–Crippen LogP) is 0.425. The van der Waals surface area contributed by atoms with Crippen LogP contribution in [0.5, 0.6) is 0 Å². The zero-order valence-corrected chi connectivity index (χ0v) is 8.22. The molecule has 4 heteroatoms. The van der Waals surface area contributed by atoms with E-state index in [4.69, 9.17) is 0 Å². The van der Waals surface area contributed by atoms with Gasteiger partial charge in [-0.25, -0.2) is 0 Å². The van der Waals surface area contributed by atoms with Crippen LogP contribution < -0.4 is 5.32 Å². The fraction of sp³-hybridized carbons (Fsp3) is 0.273. The second-order valence-corrected chi connectivity index (χ2v) is 3.06. The molecule has 0 spiro atoms. The molecule has 4 nitrogen and oxygen atoms in total. The first kappa shape index (κ1) is 11.4. The van der Waals surface area contributed by atoms with Crippen LogP contribution in [-0.2, 0) is 9.59 Å². The van der Waals surface area contributed by atoms with Crippen molar-refractivity contribution in [3.63, 3.8) is 0 Å². The third-order valence-electron chi connectivity index (χ3n) is 1.93. The van der Waals surface area contributed by atoms with Gasteiger partial charge in [0.25, 0.3) is 5.91 Å². The van der Waals surface area contributed by atoms with E-state index < -0.39 is 12.0 Å². The summed E-state index contributed by atoms with van der Waals surface area (Å²) in [5.41, 5.74) is 0.543. The minimum atomic E-state index is -1.17. The van der Waals surface area contributed by atoms with Gasteiger partial charge < -0.3 is 15.2 Å². The van der Waals surface area contributed by atoms with Crippen molar-refractivity contribution in [2.75, 3.05) is 6.54 Å². The number of rotatable bonds is 5. The Labute approximate surface area is 87.9 Å². The Hall–Kier alpha value is -1.68. The van der Waals surface area contributed by atoms with Gasteiger partial charge in [-0.05, 0) is 5.56 Å². The molecule has 0 fully saturated rings. The lowest BCUT2D eigenvalue weighted by atomic mass is 10.1. The van der Waals surface area contributed by atoms with E-state index >= 15 is 0 Å². The molecule has 1 rings (SSSR count). The first-order valence-corrected chi connectivity index (χ1v) is 4.70. The van der Waals surface area contributed by atoms with Crippen LogP contribution in [0.3, 0.4) is 0 Å². The highest BCUT2D eigenvalue weighted by molar-refractivity contribution is 5.82. The lowest BCUT2D eigenvalue weighted by Crippen LogP contribution is -2.30. The molecule has 0 saturated carbocycles. The fourth-order valence-electron chi connectivity index (χ4n) is 1.14. The molecule has 2 N–H and O–H groups in total. The summed E-state index contributed by atoms with van der Waals surface area (Å²) >= 11 is 0. The van der Waals surface area contributed by atoms with E-state index in [2.05, 4.69) is 5.32 Å². The molecule has 0 bridgehead atoms. The maximum Gasteiger partial charge on any atom is 0.253 e. The van der Waals surface area contributed by atoms with Crippen molar-refractivity contribution in [3.8, 4) is 0 Å². The molecular weight excluding hydrogens is 194 g/mol. The third-order valence-corrected chi connectivity index (χ3v) is 1.93. The topological polar surface area (TPSA) is 66.4 Å². The summed E-state index contributed by atoms with van der Waals surface area (Å²) in [4.78, 5) is 21.4. The zero-order chi connectivity index (χ0) is 11.1. The van der Waals surface area contributed by atoms with Gasteiger partial charge in [0.2, 0.25) is 0 Å². The second-order valence-electron chi connectivity index (χ2n) is 3.06. The number of carbonyl (C=O) groups is 2. The summed E-state index contributed by atoms with van der Waals surface area (Å²) in [6.45, 7) is 0.256. The number of hydrogen-bond donors (Lipinski definition) is 2. The van der Waals surface area contributed by atoms with Gasteiger partial charge in [-0.2, -0.15) is 0 Å². The molecule has 0 aliphatic carbocycles. The van der Waals surface area contributed by atoms with E-state index in [-0.39, 0.29) is 13.0 Å². The van der Waals surface area contributed by atoms with Crippen molar-refractivity contribution in [1.82, 2.24) is 5.32 Å². The highest BCUT2D eigenvalue weighted by atomic mass is 16.3. The molecule has 1 aromatic rings. The van der Waals surface area contributed by atoms with Gasteiger partial charge in [-0.3, -0.25) is 4.79 Å². The average Bonchev–Trinajstić information content (AvgIpc) is 2.29. The highest BCUT2D eigenvalue weighted by Gasteiger charge is 2.15. The van der Waals surface area contributed by atoms with Crippen molar-refractivity contribution in [3.05, 3.63) is 35.9 Å². The summed E-state index contributed by atoms with van der Waals surface area (Å²) in [6, 6.07) is 8.64. The summed E-state index contributed by atoms with van der Waals surface area (Å²) in [5.74, 6) is -0.483.